The average Bonchev–Trinajstić information content (AvgIpc) is 3.73. The first-order chi connectivity index (χ1) is 24.8. The Morgan fingerprint density at radius 1 is 0.692 bits per heavy atom. The Labute approximate surface area is 309 Å². The smallest absolute Gasteiger partial charge is 0.346 e. The van der Waals surface area contributed by atoms with Crippen molar-refractivity contribution < 1.29 is 9.90 Å². The molecule has 52 heavy (non-hydrogen) atoms. The summed E-state index contributed by atoms with van der Waals surface area (Å²) in [5.74, 6) is -1.23. The molecule has 0 radical (unpaired) electrons. The number of anilines is 3. The van der Waals surface area contributed by atoms with Gasteiger partial charge in [0.25, 0.3) is 0 Å². The van der Waals surface area contributed by atoms with E-state index in [1.807, 2.05) is 30.3 Å². The highest BCUT2D eigenvalue weighted by molar-refractivity contribution is 7.16. The number of carboxylic acids is 1. The molecule has 0 saturated heterocycles. The maximum absolute atomic E-state index is 11.3. The molecule has 5 aromatic carbocycles. The molecule has 0 fully saturated rings. The largest absolute Gasteiger partial charge is 0.477 e. The molecule has 0 aliphatic rings. The fourth-order valence-electron chi connectivity index (χ4n) is 6.65. The van der Waals surface area contributed by atoms with E-state index in [9.17, 15) is 9.90 Å². The van der Waals surface area contributed by atoms with Crippen LogP contribution >= 0.6 is 11.3 Å². The third-order valence-electron chi connectivity index (χ3n) is 9.55. The van der Waals surface area contributed by atoms with Gasteiger partial charge in [-0.15, -0.1) is 11.3 Å². The first kappa shape index (κ1) is 34.5. The van der Waals surface area contributed by atoms with E-state index in [1.165, 1.54) is 50.3 Å². The minimum Gasteiger partial charge on any atom is -0.477 e. The topological polar surface area (TPSA) is 69.3 Å². The number of nitriles is 1. The Morgan fingerprint density at radius 3 is 1.71 bits per heavy atom. The Morgan fingerprint density at radius 2 is 1.21 bits per heavy atom. The van der Waals surface area contributed by atoms with Gasteiger partial charge in [-0.3, -0.25) is 0 Å². The molecule has 0 amide bonds. The van der Waals surface area contributed by atoms with Gasteiger partial charge in [0.05, 0.1) is 11.0 Å². The number of aliphatic carboxylic acids is 1. The molecule has 0 spiro atoms. The van der Waals surface area contributed by atoms with Gasteiger partial charge < -0.3 is 14.6 Å². The fourth-order valence-corrected chi connectivity index (χ4v) is 7.61. The summed E-state index contributed by atoms with van der Waals surface area (Å²) < 4.78 is 2.38. The van der Waals surface area contributed by atoms with Crippen molar-refractivity contribution in [3.63, 3.8) is 0 Å². The number of carboxylic acid groups (broad SMARTS) is 1. The summed E-state index contributed by atoms with van der Waals surface area (Å²) in [7, 11) is 0. The SMILES string of the molecule is CC(C)(C)c1ccc2c(c1)c1cc(C(C)(C)C)ccc1n2-c1ccc(N(c2ccccc2)c2ccc(-c3ccc(/C=C(/C#N)C(=O)O)s3)cc2)cc1. The quantitative estimate of drug-likeness (QED) is 0.133. The number of thiophene rings is 1. The van der Waals surface area contributed by atoms with E-state index in [2.05, 4.69) is 148 Å². The number of fused-ring (bicyclic) bond motifs is 3. The zero-order valence-electron chi connectivity index (χ0n) is 30.3. The molecule has 7 aromatic rings. The first-order valence-electron chi connectivity index (χ1n) is 17.4. The predicted molar refractivity (Wildman–Crippen MR) is 217 cm³/mol. The molecule has 1 N–H and O–H groups in total. The second-order valence-electron chi connectivity index (χ2n) is 15.2. The van der Waals surface area contributed by atoms with Gasteiger partial charge in [0.15, 0.2) is 0 Å². The van der Waals surface area contributed by atoms with Crippen LogP contribution in [0.15, 0.2) is 133 Å². The van der Waals surface area contributed by atoms with E-state index in [0.29, 0.717) is 0 Å². The third kappa shape index (κ3) is 6.64. The van der Waals surface area contributed by atoms with Crippen LogP contribution in [0.4, 0.5) is 17.1 Å². The van der Waals surface area contributed by atoms with E-state index in [1.54, 1.807) is 6.07 Å². The van der Waals surface area contributed by atoms with Crippen molar-refractivity contribution in [2.45, 2.75) is 52.4 Å². The fraction of sp³-hybridized carbons (Fsp3) is 0.174. The standard InChI is InChI=1S/C46H41N3O2S/c1-45(2,3)32-14-23-41-39(27-32)40-28-33(46(4,5)6)15-24-42(40)49(41)37-20-18-36(19-21-37)48(34-10-8-7-9-11-34)35-16-12-30(13-17-35)43-25-22-38(52-43)26-31(29-47)44(50)51/h7-28H,1-6H3,(H,50,51)/b31-26-. The summed E-state index contributed by atoms with van der Waals surface area (Å²) in [4.78, 5) is 15.3. The lowest BCUT2D eigenvalue weighted by Gasteiger charge is -2.26. The van der Waals surface area contributed by atoms with Crippen molar-refractivity contribution in [2.24, 2.45) is 0 Å². The third-order valence-corrected chi connectivity index (χ3v) is 10.6. The zero-order chi connectivity index (χ0) is 36.8. The highest BCUT2D eigenvalue weighted by Gasteiger charge is 2.21. The molecule has 6 heteroatoms. The van der Waals surface area contributed by atoms with Crippen LogP contribution in [0.25, 0.3) is 44.0 Å². The number of para-hydroxylation sites is 1. The van der Waals surface area contributed by atoms with Gasteiger partial charge in [-0.05, 0) is 119 Å². The second-order valence-corrected chi connectivity index (χ2v) is 16.3. The van der Waals surface area contributed by atoms with Crippen LogP contribution in [0.2, 0.25) is 0 Å². The van der Waals surface area contributed by atoms with Gasteiger partial charge in [0, 0.05) is 43.3 Å². The number of hydrogen-bond acceptors (Lipinski definition) is 4. The first-order valence-corrected chi connectivity index (χ1v) is 18.2. The van der Waals surface area contributed by atoms with Gasteiger partial charge in [0.2, 0.25) is 0 Å². The Bertz CT molecular complexity index is 2430. The van der Waals surface area contributed by atoms with Crippen LogP contribution in [0.1, 0.15) is 57.5 Å². The molecule has 2 heterocycles. The molecular formula is C46H41N3O2S. The molecule has 5 nitrogen and oxygen atoms in total. The van der Waals surface area contributed by atoms with E-state index in [4.69, 9.17) is 5.26 Å². The lowest BCUT2D eigenvalue weighted by molar-refractivity contribution is -0.132. The van der Waals surface area contributed by atoms with E-state index in [0.717, 1.165) is 38.1 Å². The molecule has 7 rings (SSSR count). The lowest BCUT2D eigenvalue weighted by atomic mass is 9.85. The van der Waals surface area contributed by atoms with Crippen molar-refractivity contribution in [1.29, 1.82) is 5.26 Å². The number of carbonyl (C=O) groups is 1. The maximum atomic E-state index is 11.3. The lowest BCUT2D eigenvalue weighted by Crippen LogP contribution is -2.10. The van der Waals surface area contributed by atoms with Crippen LogP contribution in [0.5, 0.6) is 0 Å². The molecule has 0 aliphatic heterocycles. The number of benzene rings is 5. The molecule has 0 bridgehead atoms. The zero-order valence-corrected chi connectivity index (χ0v) is 31.1. The van der Waals surface area contributed by atoms with Gasteiger partial charge >= 0.3 is 5.97 Å². The monoisotopic (exact) mass is 699 g/mol. The molecule has 0 saturated carbocycles. The number of nitrogens with zero attached hydrogens (tertiary/aromatic N) is 3. The van der Waals surface area contributed by atoms with Crippen molar-refractivity contribution in [3.8, 4) is 22.2 Å². The van der Waals surface area contributed by atoms with E-state index in [-0.39, 0.29) is 16.4 Å². The van der Waals surface area contributed by atoms with Crippen LogP contribution in [-0.4, -0.2) is 15.6 Å². The summed E-state index contributed by atoms with van der Waals surface area (Å²) in [6, 6.07) is 46.9. The van der Waals surface area contributed by atoms with Crippen LogP contribution < -0.4 is 4.90 Å². The molecule has 0 unspecified atom stereocenters. The van der Waals surface area contributed by atoms with Crippen molar-refractivity contribution in [1.82, 2.24) is 4.57 Å². The minimum absolute atomic E-state index is 0.0408. The molecule has 0 aliphatic carbocycles. The van der Waals surface area contributed by atoms with Crippen molar-refractivity contribution in [3.05, 3.63) is 149 Å². The number of rotatable bonds is 7. The predicted octanol–water partition coefficient (Wildman–Crippen LogP) is 12.6. The van der Waals surface area contributed by atoms with Gasteiger partial charge in [-0.25, -0.2) is 4.79 Å². The minimum atomic E-state index is -1.23. The average molecular weight is 700 g/mol. The van der Waals surface area contributed by atoms with Gasteiger partial charge in [-0.1, -0.05) is 84.0 Å². The number of aromatic nitrogens is 1. The number of hydrogen-bond donors (Lipinski definition) is 1. The summed E-state index contributed by atoms with van der Waals surface area (Å²) >= 11 is 1.45. The second kappa shape index (κ2) is 13.3. The Kier molecular flexibility index (Phi) is 8.86. The highest BCUT2D eigenvalue weighted by atomic mass is 32.1. The summed E-state index contributed by atoms with van der Waals surface area (Å²) in [5.41, 5.74) is 10.0. The summed E-state index contributed by atoms with van der Waals surface area (Å²) in [5, 5.41) is 21.0. The van der Waals surface area contributed by atoms with Crippen LogP contribution in [0.3, 0.4) is 0 Å². The van der Waals surface area contributed by atoms with E-state index >= 15 is 0 Å². The molecular weight excluding hydrogens is 659 g/mol. The van der Waals surface area contributed by atoms with Gasteiger partial charge in [-0.2, -0.15) is 5.26 Å². The summed E-state index contributed by atoms with van der Waals surface area (Å²) in [6.45, 7) is 13.6. The van der Waals surface area contributed by atoms with Crippen molar-refractivity contribution in [2.75, 3.05) is 4.90 Å². The summed E-state index contributed by atoms with van der Waals surface area (Å²) in [6.07, 6.45) is 1.41. The highest BCUT2D eigenvalue weighted by Crippen LogP contribution is 2.40. The normalized spacial score (nSPS) is 12.3. The van der Waals surface area contributed by atoms with E-state index < -0.39 is 5.97 Å². The van der Waals surface area contributed by atoms with Gasteiger partial charge in [0.1, 0.15) is 11.6 Å². The van der Waals surface area contributed by atoms with Crippen LogP contribution in [0, 0.1) is 11.3 Å². The van der Waals surface area contributed by atoms with Crippen molar-refractivity contribution >= 4 is 62.3 Å². The molecule has 258 valence electrons. The maximum Gasteiger partial charge on any atom is 0.346 e. The molecule has 2 aromatic heterocycles. The van der Waals surface area contributed by atoms with Crippen LogP contribution in [-0.2, 0) is 15.6 Å². The Hall–Kier alpha value is -5.90. The molecule has 0 atom stereocenters. The Balaban J connectivity index is 1.28.